The molecule has 1 aromatic rings. The second-order valence-electron chi connectivity index (χ2n) is 6.32. The molecule has 1 aliphatic carbocycles. The van der Waals surface area contributed by atoms with E-state index in [1.54, 1.807) is 0 Å². The SMILES string of the molecule is CC(C)N1C[C@H](NC(=O)c2nnc(C3CC3)s2)[C@@H](C)C1. The van der Waals surface area contributed by atoms with Gasteiger partial charge in [0, 0.05) is 31.1 Å². The second-order valence-corrected chi connectivity index (χ2v) is 7.33. The van der Waals surface area contributed by atoms with Gasteiger partial charge in [-0.05, 0) is 32.6 Å². The lowest BCUT2D eigenvalue weighted by molar-refractivity contribution is 0.0929. The lowest BCUT2D eigenvalue weighted by atomic mass is 10.1. The zero-order valence-electron chi connectivity index (χ0n) is 12.3. The minimum atomic E-state index is -0.0585. The van der Waals surface area contributed by atoms with Crippen LogP contribution in [0.5, 0.6) is 0 Å². The fourth-order valence-electron chi connectivity index (χ4n) is 2.67. The zero-order chi connectivity index (χ0) is 14.3. The van der Waals surface area contributed by atoms with Gasteiger partial charge in [0.25, 0.3) is 5.91 Å². The molecule has 2 aliphatic rings. The van der Waals surface area contributed by atoms with Gasteiger partial charge in [-0.15, -0.1) is 10.2 Å². The Hall–Kier alpha value is -1.01. The van der Waals surface area contributed by atoms with Gasteiger partial charge >= 0.3 is 0 Å². The molecule has 2 heterocycles. The Balaban J connectivity index is 1.60. The Labute approximate surface area is 123 Å². The molecule has 0 bridgehead atoms. The first-order valence-electron chi connectivity index (χ1n) is 7.43. The summed E-state index contributed by atoms with van der Waals surface area (Å²) in [6.07, 6.45) is 2.39. The van der Waals surface area contributed by atoms with Crippen LogP contribution >= 0.6 is 11.3 Å². The highest BCUT2D eigenvalue weighted by atomic mass is 32.1. The van der Waals surface area contributed by atoms with E-state index in [0.717, 1.165) is 18.1 Å². The third-order valence-corrected chi connectivity index (χ3v) is 5.33. The third-order valence-electron chi connectivity index (χ3n) is 4.25. The topological polar surface area (TPSA) is 58.1 Å². The van der Waals surface area contributed by atoms with Crippen molar-refractivity contribution in [2.75, 3.05) is 13.1 Å². The normalized spacial score (nSPS) is 27.2. The molecule has 2 atom stereocenters. The minimum Gasteiger partial charge on any atom is -0.346 e. The van der Waals surface area contributed by atoms with Crippen molar-refractivity contribution in [2.45, 2.75) is 51.6 Å². The monoisotopic (exact) mass is 294 g/mol. The molecule has 0 spiro atoms. The van der Waals surface area contributed by atoms with E-state index in [0.29, 0.717) is 22.9 Å². The summed E-state index contributed by atoms with van der Waals surface area (Å²) in [6.45, 7) is 8.57. The molecule has 1 saturated carbocycles. The number of nitrogens with zero attached hydrogens (tertiary/aromatic N) is 3. The van der Waals surface area contributed by atoms with E-state index in [1.165, 1.54) is 24.2 Å². The van der Waals surface area contributed by atoms with Crippen LogP contribution in [0.3, 0.4) is 0 Å². The Morgan fingerprint density at radius 3 is 2.70 bits per heavy atom. The van der Waals surface area contributed by atoms with Crippen molar-refractivity contribution in [3.05, 3.63) is 10.0 Å². The molecule has 3 rings (SSSR count). The van der Waals surface area contributed by atoms with Crippen LogP contribution in [-0.4, -0.2) is 46.2 Å². The molecule has 1 aliphatic heterocycles. The second kappa shape index (κ2) is 5.41. The van der Waals surface area contributed by atoms with E-state index in [9.17, 15) is 4.79 Å². The molecule has 0 aromatic carbocycles. The minimum absolute atomic E-state index is 0.0585. The first-order valence-corrected chi connectivity index (χ1v) is 8.24. The third kappa shape index (κ3) is 2.86. The summed E-state index contributed by atoms with van der Waals surface area (Å²) in [4.78, 5) is 14.7. The van der Waals surface area contributed by atoms with Crippen molar-refractivity contribution >= 4 is 17.2 Å². The maximum Gasteiger partial charge on any atom is 0.282 e. The van der Waals surface area contributed by atoms with E-state index in [4.69, 9.17) is 0 Å². The van der Waals surface area contributed by atoms with Gasteiger partial charge < -0.3 is 5.32 Å². The van der Waals surface area contributed by atoms with E-state index < -0.39 is 0 Å². The van der Waals surface area contributed by atoms with Crippen LogP contribution in [-0.2, 0) is 0 Å². The molecular formula is C14H22N4OS. The lowest BCUT2D eigenvalue weighted by Gasteiger charge is -2.20. The molecular weight excluding hydrogens is 272 g/mol. The van der Waals surface area contributed by atoms with Crippen LogP contribution in [0.25, 0.3) is 0 Å². The predicted octanol–water partition coefficient (Wildman–Crippen LogP) is 1.87. The van der Waals surface area contributed by atoms with E-state index >= 15 is 0 Å². The van der Waals surface area contributed by atoms with Crippen molar-refractivity contribution in [1.82, 2.24) is 20.4 Å². The summed E-state index contributed by atoms with van der Waals surface area (Å²) in [7, 11) is 0. The average molecular weight is 294 g/mol. The maximum absolute atomic E-state index is 12.3. The zero-order valence-corrected chi connectivity index (χ0v) is 13.1. The Morgan fingerprint density at radius 2 is 2.10 bits per heavy atom. The van der Waals surface area contributed by atoms with Crippen molar-refractivity contribution in [3.63, 3.8) is 0 Å². The summed E-state index contributed by atoms with van der Waals surface area (Å²) in [5.41, 5.74) is 0. The van der Waals surface area contributed by atoms with E-state index in [2.05, 4.69) is 41.2 Å². The van der Waals surface area contributed by atoms with Crippen LogP contribution < -0.4 is 5.32 Å². The number of hydrogen-bond donors (Lipinski definition) is 1. The highest BCUT2D eigenvalue weighted by molar-refractivity contribution is 7.13. The molecule has 0 radical (unpaired) electrons. The Kier molecular flexibility index (Phi) is 3.77. The van der Waals surface area contributed by atoms with Gasteiger partial charge in [-0.2, -0.15) is 0 Å². The van der Waals surface area contributed by atoms with E-state index in [1.807, 2.05) is 0 Å². The molecule has 1 saturated heterocycles. The smallest absolute Gasteiger partial charge is 0.282 e. The van der Waals surface area contributed by atoms with E-state index in [-0.39, 0.29) is 11.9 Å². The van der Waals surface area contributed by atoms with Crippen molar-refractivity contribution in [3.8, 4) is 0 Å². The van der Waals surface area contributed by atoms with Gasteiger partial charge in [0.2, 0.25) is 5.01 Å². The molecule has 1 aromatic heterocycles. The van der Waals surface area contributed by atoms with Crippen LogP contribution in [0.4, 0.5) is 0 Å². The molecule has 2 fully saturated rings. The molecule has 1 amide bonds. The lowest BCUT2D eigenvalue weighted by Crippen LogP contribution is -2.40. The number of rotatable bonds is 4. The van der Waals surface area contributed by atoms with Gasteiger partial charge in [0.15, 0.2) is 0 Å². The summed E-state index contributed by atoms with van der Waals surface area (Å²) in [5, 5.41) is 12.8. The summed E-state index contributed by atoms with van der Waals surface area (Å²) in [5.74, 6) is 0.991. The van der Waals surface area contributed by atoms with Gasteiger partial charge in [0.05, 0.1) is 0 Å². The van der Waals surface area contributed by atoms with Gasteiger partial charge in [-0.3, -0.25) is 9.69 Å². The molecule has 0 unspecified atom stereocenters. The van der Waals surface area contributed by atoms with Gasteiger partial charge in [-0.1, -0.05) is 18.3 Å². The summed E-state index contributed by atoms with van der Waals surface area (Å²) in [6, 6.07) is 0.750. The molecule has 6 heteroatoms. The summed E-state index contributed by atoms with van der Waals surface area (Å²) < 4.78 is 0. The highest BCUT2D eigenvalue weighted by Gasteiger charge is 2.33. The molecule has 110 valence electrons. The van der Waals surface area contributed by atoms with Crippen LogP contribution in [0.15, 0.2) is 0 Å². The van der Waals surface area contributed by atoms with Gasteiger partial charge in [-0.25, -0.2) is 0 Å². The van der Waals surface area contributed by atoms with Crippen molar-refractivity contribution in [2.24, 2.45) is 5.92 Å². The first kappa shape index (κ1) is 13.9. The number of hydrogen-bond acceptors (Lipinski definition) is 5. The Morgan fingerprint density at radius 1 is 1.35 bits per heavy atom. The number of amides is 1. The fourth-order valence-corrected chi connectivity index (χ4v) is 3.58. The summed E-state index contributed by atoms with van der Waals surface area (Å²) >= 11 is 1.46. The first-order chi connectivity index (χ1) is 9.54. The Bertz CT molecular complexity index is 497. The molecule has 5 nitrogen and oxygen atoms in total. The number of aromatic nitrogens is 2. The predicted molar refractivity (Wildman–Crippen MR) is 79.0 cm³/mol. The molecule has 1 N–H and O–H groups in total. The van der Waals surface area contributed by atoms with Crippen molar-refractivity contribution < 1.29 is 4.79 Å². The number of carbonyl (C=O) groups excluding carboxylic acids is 1. The standard InChI is InChI=1S/C14H22N4OS/c1-8(2)18-6-9(3)11(7-18)15-12(19)14-17-16-13(20-14)10-4-5-10/h8-11H,4-7H2,1-3H3,(H,15,19)/t9-,11-/m0/s1. The van der Waals surface area contributed by atoms with Crippen molar-refractivity contribution in [1.29, 1.82) is 0 Å². The van der Waals surface area contributed by atoms with Gasteiger partial charge in [0.1, 0.15) is 5.01 Å². The number of carbonyl (C=O) groups is 1. The average Bonchev–Trinajstić information content (AvgIpc) is 3.01. The van der Waals surface area contributed by atoms with Crippen LogP contribution in [0, 0.1) is 5.92 Å². The maximum atomic E-state index is 12.3. The quantitative estimate of drug-likeness (QED) is 0.921. The fraction of sp³-hybridized carbons (Fsp3) is 0.786. The van der Waals surface area contributed by atoms with Crippen LogP contribution in [0.2, 0.25) is 0 Å². The number of likely N-dealkylation sites (tertiary alicyclic amines) is 1. The van der Waals surface area contributed by atoms with Crippen LogP contribution in [0.1, 0.15) is 54.3 Å². The molecule has 20 heavy (non-hydrogen) atoms. The largest absolute Gasteiger partial charge is 0.346 e. The highest BCUT2D eigenvalue weighted by Crippen LogP contribution is 2.41. The number of nitrogens with one attached hydrogen (secondary N) is 1.